The minimum atomic E-state index is -1.19. The minimum Gasteiger partial charge on any atom is -0.430 e. The van der Waals surface area contributed by atoms with Crippen LogP contribution in [0.4, 0.5) is 4.79 Å². The first kappa shape index (κ1) is 11.7. The molecule has 5 nitrogen and oxygen atoms in total. The predicted molar refractivity (Wildman–Crippen MR) is 52.4 cm³/mol. The molecule has 0 saturated heterocycles. The molecule has 0 aliphatic heterocycles. The van der Waals surface area contributed by atoms with Crippen molar-refractivity contribution >= 4 is 17.7 Å². The summed E-state index contributed by atoms with van der Waals surface area (Å²) in [6.07, 6.45) is -1.57. The van der Waals surface area contributed by atoms with Crippen LogP contribution >= 0.6 is 0 Å². The first-order valence-corrected chi connectivity index (χ1v) is 4.84. The minimum absolute atomic E-state index is 0.173. The Morgan fingerprint density at radius 2 is 1.73 bits per heavy atom. The van der Waals surface area contributed by atoms with E-state index in [1.54, 1.807) is 20.8 Å². The van der Waals surface area contributed by atoms with E-state index in [4.69, 9.17) is 4.74 Å². The van der Waals surface area contributed by atoms with Gasteiger partial charge < -0.3 is 10.1 Å². The molecule has 0 unspecified atom stereocenters. The third-order valence-electron chi connectivity index (χ3n) is 1.90. The number of ether oxygens (including phenoxy) is 1. The van der Waals surface area contributed by atoms with Gasteiger partial charge in [-0.1, -0.05) is 0 Å². The van der Waals surface area contributed by atoms with Crippen molar-refractivity contribution in [3.63, 3.8) is 0 Å². The van der Waals surface area contributed by atoms with Crippen molar-refractivity contribution in [1.29, 1.82) is 0 Å². The molecule has 0 aromatic heterocycles. The van der Waals surface area contributed by atoms with E-state index in [2.05, 4.69) is 5.32 Å². The molecule has 1 aliphatic carbocycles. The van der Waals surface area contributed by atoms with Crippen molar-refractivity contribution in [3.05, 3.63) is 0 Å². The first-order valence-electron chi connectivity index (χ1n) is 4.84. The largest absolute Gasteiger partial charge is 0.430 e. The van der Waals surface area contributed by atoms with Crippen molar-refractivity contribution in [3.8, 4) is 0 Å². The van der Waals surface area contributed by atoms with E-state index in [1.807, 2.05) is 0 Å². The molecule has 1 N–H and O–H groups in total. The molecule has 1 rings (SSSR count). The van der Waals surface area contributed by atoms with Crippen LogP contribution in [0.3, 0.4) is 0 Å². The maximum atomic E-state index is 11.3. The number of ketones is 2. The highest BCUT2D eigenvalue weighted by molar-refractivity contribution is 6.12. The lowest BCUT2D eigenvalue weighted by molar-refractivity contribution is -0.132. The normalized spacial score (nSPS) is 18.1. The zero-order valence-corrected chi connectivity index (χ0v) is 9.12. The lowest BCUT2D eigenvalue weighted by Gasteiger charge is -2.21. The van der Waals surface area contributed by atoms with Crippen molar-refractivity contribution < 1.29 is 19.1 Å². The monoisotopic (exact) mass is 213 g/mol. The van der Waals surface area contributed by atoms with Gasteiger partial charge in [-0.15, -0.1) is 0 Å². The van der Waals surface area contributed by atoms with Gasteiger partial charge in [0.25, 0.3) is 0 Å². The SMILES string of the molecule is CC(C)(C)NC(=O)OC1C(=O)CCC1=O. The average Bonchev–Trinajstić information content (AvgIpc) is 2.32. The summed E-state index contributed by atoms with van der Waals surface area (Å²) in [5.41, 5.74) is -0.443. The smallest absolute Gasteiger partial charge is 0.408 e. The van der Waals surface area contributed by atoms with Gasteiger partial charge in [0.15, 0.2) is 11.6 Å². The number of hydrogen-bond donors (Lipinski definition) is 1. The van der Waals surface area contributed by atoms with Gasteiger partial charge in [0.05, 0.1) is 0 Å². The third kappa shape index (κ3) is 3.34. The fourth-order valence-corrected chi connectivity index (χ4v) is 1.26. The van der Waals surface area contributed by atoms with Crippen LogP contribution in [0.15, 0.2) is 0 Å². The Bertz CT molecular complexity index is 287. The van der Waals surface area contributed by atoms with E-state index < -0.39 is 17.7 Å². The van der Waals surface area contributed by atoms with Crippen LogP contribution in [0.2, 0.25) is 0 Å². The fourth-order valence-electron chi connectivity index (χ4n) is 1.26. The Labute approximate surface area is 88.2 Å². The second kappa shape index (κ2) is 4.00. The molecule has 84 valence electrons. The molecule has 15 heavy (non-hydrogen) atoms. The van der Waals surface area contributed by atoms with E-state index in [0.717, 1.165) is 0 Å². The van der Waals surface area contributed by atoms with Gasteiger partial charge in [0.1, 0.15) is 0 Å². The lowest BCUT2D eigenvalue weighted by atomic mass is 10.1. The summed E-state index contributed by atoms with van der Waals surface area (Å²) in [5, 5.41) is 2.52. The lowest BCUT2D eigenvalue weighted by Crippen LogP contribution is -2.43. The number of amides is 1. The second-order valence-electron chi connectivity index (χ2n) is 4.59. The molecule has 0 bridgehead atoms. The maximum Gasteiger partial charge on any atom is 0.408 e. The Hall–Kier alpha value is -1.39. The number of Topliss-reactive ketones (excluding diaryl/α,β-unsaturated/α-hetero) is 2. The second-order valence-corrected chi connectivity index (χ2v) is 4.59. The summed E-state index contributed by atoms with van der Waals surface area (Å²) >= 11 is 0. The van der Waals surface area contributed by atoms with E-state index in [1.165, 1.54) is 0 Å². The molecular formula is C10H15NO4. The van der Waals surface area contributed by atoms with Crippen LogP contribution in [0.5, 0.6) is 0 Å². The van der Waals surface area contributed by atoms with Gasteiger partial charge in [0.2, 0.25) is 6.10 Å². The molecule has 1 aliphatic rings. The molecule has 1 amide bonds. The van der Waals surface area contributed by atoms with E-state index in [9.17, 15) is 14.4 Å². The number of nitrogens with one attached hydrogen (secondary N) is 1. The van der Waals surface area contributed by atoms with Crippen LogP contribution in [-0.4, -0.2) is 29.3 Å². The number of rotatable bonds is 1. The molecule has 0 heterocycles. The van der Waals surface area contributed by atoms with Crippen molar-refractivity contribution in [1.82, 2.24) is 5.32 Å². The standard InChI is InChI=1S/C10H15NO4/c1-10(2,3)11-9(14)15-8-6(12)4-5-7(8)13/h8H,4-5H2,1-3H3,(H,11,14). The Balaban J connectivity index is 2.51. The Kier molecular flexibility index (Phi) is 3.12. The Morgan fingerprint density at radius 3 is 2.13 bits per heavy atom. The third-order valence-corrected chi connectivity index (χ3v) is 1.90. The topological polar surface area (TPSA) is 72.5 Å². The van der Waals surface area contributed by atoms with Gasteiger partial charge in [-0.25, -0.2) is 4.79 Å². The highest BCUT2D eigenvalue weighted by atomic mass is 16.6. The molecule has 0 atom stereocenters. The number of alkyl carbamates (subject to hydrolysis) is 1. The van der Waals surface area contributed by atoms with Crippen LogP contribution in [0, 0.1) is 0 Å². The zero-order valence-electron chi connectivity index (χ0n) is 9.12. The molecule has 5 heteroatoms. The summed E-state index contributed by atoms with van der Waals surface area (Å²) < 4.78 is 4.76. The number of hydrogen-bond acceptors (Lipinski definition) is 4. The van der Waals surface area contributed by atoms with Crippen molar-refractivity contribution in [2.75, 3.05) is 0 Å². The molecule has 0 aromatic rings. The summed E-state index contributed by atoms with van der Waals surface area (Å²) in [6, 6.07) is 0. The van der Waals surface area contributed by atoms with E-state index in [-0.39, 0.29) is 24.4 Å². The summed E-state index contributed by atoms with van der Waals surface area (Å²) in [4.78, 5) is 33.6. The molecule has 1 fully saturated rings. The van der Waals surface area contributed by atoms with E-state index in [0.29, 0.717) is 0 Å². The van der Waals surface area contributed by atoms with Gasteiger partial charge in [-0.3, -0.25) is 9.59 Å². The highest BCUT2D eigenvalue weighted by Gasteiger charge is 2.36. The molecule has 0 spiro atoms. The van der Waals surface area contributed by atoms with Gasteiger partial charge in [-0.2, -0.15) is 0 Å². The van der Waals surface area contributed by atoms with Crippen LogP contribution in [0.25, 0.3) is 0 Å². The fraction of sp³-hybridized carbons (Fsp3) is 0.700. The van der Waals surface area contributed by atoms with Gasteiger partial charge in [-0.05, 0) is 20.8 Å². The molecule has 1 saturated carbocycles. The number of carbonyl (C=O) groups is 3. The predicted octanol–water partition coefficient (Wildman–Crippen LogP) is 0.812. The zero-order chi connectivity index (χ0) is 11.6. The van der Waals surface area contributed by atoms with Gasteiger partial charge >= 0.3 is 6.09 Å². The maximum absolute atomic E-state index is 11.3. The quantitative estimate of drug-likeness (QED) is 0.654. The summed E-state index contributed by atoms with van der Waals surface area (Å²) in [5.74, 6) is -0.631. The highest BCUT2D eigenvalue weighted by Crippen LogP contribution is 2.14. The summed E-state index contributed by atoms with van der Waals surface area (Å²) in [7, 11) is 0. The van der Waals surface area contributed by atoms with Gasteiger partial charge in [0, 0.05) is 18.4 Å². The van der Waals surface area contributed by atoms with Crippen molar-refractivity contribution in [2.24, 2.45) is 0 Å². The van der Waals surface area contributed by atoms with Crippen LogP contribution in [-0.2, 0) is 14.3 Å². The number of carbonyl (C=O) groups excluding carboxylic acids is 3. The molecule has 0 aromatic carbocycles. The van der Waals surface area contributed by atoms with E-state index >= 15 is 0 Å². The summed E-state index contributed by atoms with van der Waals surface area (Å²) in [6.45, 7) is 5.35. The molecular weight excluding hydrogens is 198 g/mol. The van der Waals surface area contributed by atoms with Crippen LogP contribution in [0.1, 0.15) is 33.6 Å². The molecule has 0 radical (unpaired) electrons. The first-order chi connectivity index (χ1) is 6.79. The average molecular weight is 213 g/mol. The Morgan fingerprint density at radius 1 is 1.27 bits per heavy atom. The van der Waals surface area contributed by atoms with Crippen LogP contribution < -0.4 is 5.32 Å². The van der Waals surface area contributed by atoms with Crippen molar-refractivity contribution in [2.45, 2.75) is 45.3 Å².